The molecular weight excluding hydrogens is 332 g/mol. The van der Waals surface area contributed by atoms with Crippen LogP contribution < -0.4 is 4.74 Å². The molecular formula is C21H20O5. The summed E-state index contributed by atoms with van der Waals surface area (Å²) in [7, 11) is 0. The first-order valence-corrected chi connectivity index (χ1v) is 8.18. The summed E-state index contributed by atoms with van der Waals surface area (Å²) in [5.41, 5.74) is 1.67. The number of aryl methyl sites for hydroxylation is 1. The van der Waals surface area contributed by atoms with Crippen LogP contribution in [0.1, 0.15) is 39.6 Å². The standard InChI is InChI=1S/C21H20O5/c1-4-25-20(23)15(3)13-18(22)17-7-5-6-8-19(17)26-21(24)16-11-9-14(2)10-12-16/h5-12H,3-4,13H2,1-2H3. The van der Waals surface area contributed by atoms with Gasteiger partial charge in [-0.05, 0) is 38.1 Å². The Labute approximate surface area is 152 Å². The Morgan fingerprint density at radius 1 is 1.00 bits per heavy atom. The number of ketones is 1. The number of carbonyl (C=O) groups is 3. The highest BCUT2D eigenvalue weighted by Crippen LogP contribution is 2.22. The van der Waals surface area contributed by atoms with Crippen LogP contribution in [0.4, 0.5) is 0 Å². The van der Waals surface area contributed by atoms with E-state index in [2.05, 4.69) is 6.58 Å². The van der Waals surface area contributed by atoms with Crippen LogP contribution in [-0.4, -0.2) is 24.3 Å². The van der Waals surface area contributed by atoms with Gasteiger partial charge in [0.2, 0.25) is 0 Å². The van der Waals surface area contributed by atoms with E-state index in [9.17, 15) is 14.4 Å². The highest BCUT2D eigenvalue weighted by molar-refractivity contribution is 6.05. The fourth-order valence-corrected chi connectivity index (χ4v) is 2.23. The van der Waals surface area contributed by atoms with Crippen LogP contribution >= 0.6 is 0 Å². The smallest absolute Gasteiger partial charge is 0.343 e. The molecule has 0 unspecified atom stereocenters. The van der Waals surface area contributed by atoms with Gasteiger partial charge in [0.1, 0.15) is 5.75 Å². The predicted octanol–water partition coefficient (Wildman–Crippen LogP) is 3.91. The maximum atomic E-state index is 12.5. The van der Waals surface area contributed by atoms with Gasteiger partial charge >= 0.3 is 11.9 Å². The molecule has 0 aliphatic rings. The van der Waals surface area contributed by atoms with E-state index >= 15 is 0 Å². The molecule has 0 aliphatic heterocycles. The van der Waals surface area contributed by atoms with E-state index < -0.39 is 11.9 Å². The van der Waals surface area contributed by atoms with Crippen LogP contribution in [-0.2, 0) is 9.53 Å². The molecule has 134 valence electrons. The Hall–Kier alpha value is -3.21. The molecule has 0 bridgehead atoms. The second-order valence-electron chi connectivity index (χ2n) is 5.68. The number of Topliss-reactive ketones (excluding diaryl/α,β-unsaturated/α-hetero) is 1. The van der Waals surface area contributed by atoms with Crippen molar-refractivity contribution in [3.63, 3.8) is 0 Å². The van der Waals surface area contributed by atoms with Gasteiger partial charge in [0, 0.05) is 12.0 Å². The van der Waals surface area contributed by atoms with Gasteiger partial charge in [0.15, 0.2) is 5.78 Å². The van der Waals surface area contributed by atoms with E-state index in [0.29, 0.717) is 5.56 Å². The highest BCUT2D eigenvalue weighted by atomic mass is 16.5. The van der Waals surface area contributed by atoms with Crippen molar-refractivity contribution >= 4 is 17.7 Å². The van der Waals surface area contributed by atoms with Gasteiger partial charge in [-0.3, -0.25) is 4.79 Å². The molecule has 0 N–H and O–H groups in total. The molecule has 0 saturated carbocycles. The average Bonchev–Trinajstić information content (AvgIpc) is 2.62. The molecule has 0 aromatic heterocycles. The first-order valence-electron chi connectivity index (χ1n) is 8.18. The molecule has 0 spiro atoms. The summed E-state index contributed by atoms with van der Waals surface area (Å²) in [6, 6.07) is 13.3. The van der Waals surface area contributed by atoms with Gasteiger partial charge < -0.3 is 9.47 Å². The molecule has 2 aromatic rings. The molecule has 0 radical (unpaired) electrons. The van der Waals surface area contributed by atoms with Crippen molar-refractivity contribution in [3.05, 3.63) is 77.4 Å². The molecule has 0 aliphatic carbocycles. The van der Waals surface area contributed by atoms with Gasteiger partial charge in [-0.25, -0.2) is 9.59 Å². The number of hydrogen-bond acceptors (Lipinski definition) is 5. The fourth-order valence-electron chi connectivity index (χ4n) is 2.23. The minimum Gasteiger partial charge on any atom is -0.463 e. The number of esters is 2. The summed E-state index contributed by atoms with van der Waals surface area (Å²) in [4.78, 5) is 36.4. The van der Waals surface area contributed by atoms with E-state index in [0.717, 1.165) is 5.56 Å². The van der Waals surface area contributed by atoms with Crippen LogP contribution in [0.3, 0.4) is 0 Å². The number of benzene rings is 2. The SMILES string of the molecule is C=C(CC(=O)c1ccccc1OC(=O)c1ccc(C)cc1)C(=O)OCC. The van der Waals surface area contributed by atoms with E-state index in [1.807, 2.05) is 6.92 Å². The number of para-hydroxylation sites is 1. The van der Waals surface area contributed by atoms with Crippen molar-refractivity contribution in [2.45, 2.75) is 20.3 Å². The molecule has 5 heteroatoms. The van der Waals surface area contributed by atoms with Crippen LogP contribution in [0, 0.1) is 6.92 Å². The van der Waals surface area contributed by atoms with E-state index in [-0.39, 0.29) is 35.7 Å². The summed E-state index contributed by atoms with van der Waals surface area (Å²) in [5, 5.41) is 0. The van der Waals surface area contributed by atoms with Crippen molar-refractivity contribution in [2.75, 3.05) is 6.61 Å². The summed E-state index contributed by atoms with van der Waals surface area (Å²) in [6.45, 7) is 7.38. The molecule has 2 aromatic carbocycles. The molecule has 0 amide bonds. The maximum Gasteiger partial charge on any atom is 0.343 e. The molecule has 0 heterocycles. The number of ether oxygens (including phenoxy) is 2. The Morgan fingerprint density at radius 2 is 1.65 bits per heavy atom. The zero-order chi connectivity index (χ0) is 19.1. The van der Waals surface area contributed by atoms with Gasteiger partial charge in [0.05, 0.1) is 17.7 Å². The lowest BCUT2D eigenvalue weighted by molar-refractivity contribution is -0.138. The zero-order valence-corrected chi connectivity index (χ0v) is 14.8. The Balaban J connectivity index is 2.15. The topological polar surface area (TPSA) is 69.7 Å². The molecule has 26 heavy (non-hydrogen) atoms. The second-order valence-corrected chi connectivity index (χ2v) is 5.68. The number of rotatable bonds is 7. The van der Waals surface area contributed by atoms with Crippen molar-refractivity contribution in [1.29, 1.82) is 0 Å². The number of carbonyl (C=O) groups excluding carboxylic acids is 3. The average molecular weight is 352 g/mol. The summed E-state index contributed by atoms with van der Waals surface area (Å²) >= 11 is 0. The third-order valence-corrected chi connectivity index (χ3v) is 3.62. The first-order chi connectivity index (χ1) is 12.4. The van der Waals surface area contributed by atoms with Crippen molar-refractivity contribution in [2.24, 2.45) is 0 Å². The van der Waals surface area contributed by atoms with Gasteiger partial charge in [-0.15, -0.1) is 0 Å². The highest BCUT2D eigenvalue weighted by Gasteiger charge is 2.19. The molecule has 2 rings (SSSR count). The quantitative estimate of drug-likeness (QED) is 0.327. The normalized spacial score (nSPS) is 10.1. The minimum absolute atomic E-state index is 0.0523. The Kier molecular flexibility index (Phi) is 6.44. The summed E-state index contributed by atoms with van der Waals surface area (Å²) in [6.07, 6.45) is -0.210. The monoisotopic (exact) mass is 352 g/mol. The minimum atomic E-state index is -0.616. The fraction of sp³-hybridized carbons (Fsp3) is 0.190. The zero-order valence-electron chi connectivity index (χ0n) is 14.8. The summed E-state index contributed by atoms with van der Waals surface area (Å²) in [5.74, 6) is -1.42. The lowest BCUT2D eigenvalue weighted by Crippen LogP contribution is -2.14. The van der Waals surface area contributed by atoms with Gasteiger partial charge in [0.25, 0.3) is 0 Å². The third kappa shape index (κ3) is 4.89. The maximum absolute atomic E-state index is 12.5. The van der Waals surface area contributed by atoms with Crippen LogP contribution in [0.15, 0.2) is 60.7 Å². The van der Waals surface area contributed by atoms with E-state index in [4.69, 9.17) is 9.47 Å². The second kappa shape index (κ2) is 8.76. The first kappa shape index (κ1) is 19.1. The van der Waals surface area contributed by atoms with Gasteiger partial charge in [-0.1, -0.05) is 36.4 Å². The molecule has 5 nitrogen and oxygen atoms in total. The largest absolute Gasteiger partial charge is 0.463 e. The van der Waals surface area contributed by atoms with Crippen molar-refractivity contribution in [1.82, 2.24) is 0 Å². The molecule has 0 saturated heterocycles. The van der Waals surface area contributed by atoms with Crippen molar-refractivity contribution < 1.29 is 23.9 Å². The predicted molar refractivity (Wildman–Crippen MR) is 97.3 cm³/mol. The molecule has 0 atom stereocenters. The Bertz CT molecular complexity index is 834. The van der Waals surface area contributed by atoms with E-state index in [1.54, 1.807) is 49.4 Å². The lowest BCUT2D eigenvalue weighted by atomic mass is 10.0. The third-order valence-electron chi connectivity index (χ3n) is 3.62. The number of hydrogen-bond donors (Lipinski definition) is 0. The van der Waals surface area contributed by atoms with E-state index in [1.165, 1.54) is 6.07 Å². The van der Waals surface area contributed by atoms with Crippen LogP contribution in [0.5, 0.6) is 5.75 Å². The summed E-state index contributed by atoms with van der Waals surface area (Å²) < 4.78 is 10.2. The Morgan fingerprint density at radius 3 is 2.31 bits per heavy atom. The van der Waals surface area contributed by atoms with Crippen LogP contribution in [0.2, 0.25) is 0 Å². The molecule has 0 fully saturated rings. The lowest BCUT2D eigenvalue weighted by Gasteiger charge is -2.10. The van der Waals surface area contributed by atoms with Crippen LogP contribution in [0.25, 0.3) is 0 Å². The van der Waals surface area contributed by atoms with Gasteiger partial charge in [-0.2, -0.15) is 0 Å². The van der Waals surface area contributed by atoms with Crippen molar-refractivity contribution in [3.8, 4) is 5.75 Å².